The summed E-state index contributed by atoms with van der Waals surface area (Å²) in [5.74, 6) is -0.427. The quantitative estimate of drug-likeness (QED) is 0.531. The third-order valence-electron chi connectivity index (χ3n) is 2.00. The van der Waals surface area contributed by atoms with Crippen molar-refractivity contribution in [3.63, 3.8) is 0 Å². The van der Waals surface area contributed by atoms with E-state index >= 15 is 0 Å². The van der Waals surface area contributed by atoms with Crippen LogP contribution < -0.4 is 5.32 Å². The maximum atomic E-state index is 11.7. The Morgan fingerprint density at radius 3 is 2.28 bits per heavy atom. The normalized spacial score (nSPS) is 13.7. The highest BCUT2D eigenvalue weighted by atomic mass is 19.4. The lowest BCUT2D eigenvalue weighted by atomic mass is 10.3. The van der Waals surface area contributed by atoms with E-state index in [0.29, 0.717) is 0 Å². The second-order valence-corrected chi connectivity index (χ2v) is 3.61. The van der Waals surface area contributed by atoms with Gasteiger partial charge in [-0.05, 0) is 6.92 Å². The molecule has 0 aromatic rings. The summed E-state index contributed by atoms with van der Waals surface area (Å²) < 4.78 is 49.3. The molecule has 0 spiro atoms. The maximum Gasteiger partial charge on any atom is 0.411 e. The van der Waals surface area contributed by atoms with Crippen LogP contribution in [-0.4, -0.2) is 51.8 Å². The minimum absolute atomic E-state index is 0.152. The highest BCUT2D eigenvalue weighted by Crippen LogP contribution is 2.14. The predicted octanol–water partition coefficient (Wildman–Crippen LogP) is 1.08. The third kappa shape index (κ3) is 8.26. The summed E-state index contributed by atoms with van der Waals surface area (Å²) in [5, 5.41) is 2.53. The van der Waals surface area contributed by atoms with Crippen LogP contribution in [0.1, 0.15) is 13.3 Å². The van der Waals surface area contributed by atoms with E-state index in [0.717, 1.165) is 0 Å². The molecule has 0 aliphatic rings. The average Bonchev–Trinajstić information content (AvgIpc) is 2.25. The van der Waals surface area contributed by atoms with Gasteiger partial charge in [0.15, 0.2) is 6.29 Å². The van der Waals surface area contributed by atoms with Crippen LogP contribution in [0.2, 0.25) is 0 Å². The Kier molecular flexibility index (Phi) is 7.88. The van der Waals surface area contributed by atoms with Gasteiger partial charge in [-0.1, -0.05) is 0 Å². The summed E-state index contributed by atoms with van der Waals surface area (Å²) in [6.07, 6.45) is -5.13. The molecule has 0 aliphatic carbocycles. The molecule has 0 bridgehead atoms. The minimum Gasteiger partial charge on any atom is -0.372 e. The van der Waals surface area contributed by atoms with Gasteiger partial charge in [0.05, 0.1) is 12.6 Å². The highest BCUT2D eigenvalue weighted by molar-refractivity contribution is 5.76. The molecule has 0 saturated carbocycles. The number of carbonyl (C=O) groups is 1. The molecule has 1 atom stereocenters. The topological polar surface area (TPSA) is 56.8 Å². The van der Waals surface area contributed by atoms with Gasteiger partial charge in [0, 0.05) is 20.6 Å². The lowest BCUT2D eigenvalue weighted by molar-refractivity contribution is -0.175. The molecule has 108 valence electrons. The molecule has 0 aliphatic heterocycles. The Bertz CT molecular complexity index is 244. The average molecular weight is 273 g/mol. The van der Waals surface area contributed by atoms with Crippen molar-refractivity contribution >= 4 is 5.91 Å². The summed E-state index contributed by atoms with van der Waals surface area (Å²) >= 11 is 0. The Hall–Kier alpha value is -0.860. The summed E-state index contributed by atoms with van der Waals surface area (Å²) in [6.45, 7) is 0.0173. The summed E-state index contributed by atoms with van der Waals surface area (Å²) in [4.78, 5) is 11.3. The van der Waals surface area contributed by atoms with Crippen molar-refractivity contribution in [1.82, 2.24) is 5.32 Å². The standard InChI is InChI=1S/C10H18F3NO4/c1-7(9(16-2)17-3)14-8(15)4-5-18-6-10(11,12)13/h7,9H,4-6H2,1-3H3,(H,14,15). The van der Waals surface area contributed by atoms with E-state index in [-0.39, 0.29) is 13.0 Å². The van der Waals surface area contributed by atoms with E-state index in [1.54, 1.807) is 6.92 Å². The number of hydrogen-bond acceptors (Lipinski definition) is 4. The van der Waals surface area contributed by atoms with Crippen LogP contribution >= 0.6 is 0 Å². The zero-order chi connectivity index (χ0) is 14.2. The SMILES string of the molecule is COC(OC)C(C)NC(=O)CCOCC(F)(F)F. The molecular weight excluding hydrogens is 255 g/mol. The summed E-state index contributed by atoms with van der Waals surface area (Å²) in [7, 11) is 2.84. The van der Waals surface area contributed by atoms with E-state index in [2.05, 4.69) is 10.1 Å². The van der Waals surface area contributed by atoms with Crippen LogP contribution in [0.4, 0.5) is 13.2 Å². The van der Waals surface area contributed by atoms with Gasteiger partial charge in [-0.3, -0.25) is 4.79 Å². The van der Waals surface area contributed by atoms with Crippen molar-refractivity contribution in [2.75, 3.05) is 27.4 Å². The second-order valence-electron chi connectivity index (χ2n) is 3.61. The molecule has 8 heteroatoms. The number of ether oxygens (including phenoxy) is 3. The molecule has 0 aromatic carbocycles. The first-order valence-electron chi connectivity index (χ1n) is 5.29. The fourth-order valence-electron chi connectivity index (χ4n) is 1.25. The fraction of sp³-hybridized carbons (Fsp3) is 0.900. The van der Waals surface area contributed by atoms with Gasteiger partial charge in [0.2, 0.25) is 5.91 Å². The molecule has 18 heavy (non-hydrogen) atoms. The van der Waals surface area contributed by atoms with Gasteiger partial charge in [-0.2, -0.15) is 13.2 Å². The predicted molar refractivity (Wildman–Crippen MR) is 56.9 cm³/mol. The van der Waals surface area contributed by atoms with Gasteiger partial charge in [-0.25, -0.2) is 0 Å². The number of hydrogen-bond donors (Lipinski definition) is 1. The van der Waals surface area contributed by atoms with Crippen molar-refractivity contribution < 1.29 is 32.2 Å². The molecule has 1 N–H and O–H groups in total. The minimum atomic E-state index is -4.37. The van der Waals surface area contributed by atoms with Crippen LogP contribution in [0.3, 0.4) is 0 Å². The molecular formula is C10H18F3NO4. The molecule has 1 unspecified atom stereocenters. The molecule has 0 saturated heterocycles. The fourth-order valence-corrected chi connectivity index (χ4v) is 1.25. The van der Waals surface area contributed by atoms with Gasteiger partial charge < -0.3 is 19.5 Å². The summed E-state index contributed by atoms with van der Waals surface area (Å²) in [5.41, 5.74) is 0. The van der Waals surface area contributed by atoms with Crippen LogP contribution in [0, 0.1) is 0 Å². The molecule has 0 fully saturated rings. The van der Waals surface area contributed by atoms with Gasteiger partial charge in [0.25, 0.3) is 0 Å². The van der Waals surface area contributed by atoms with E-state index < -0.39 is 31.0 Å². The lowest BCUT2D eigenvalue weighted by Gasteiger charge is -2.22. The van der Waals surface area contributed by atoms with E-state index in [1.165, 1.54) is 14.2 Å². The first-order chi connectivity index (χ1) is 8.30. The van der Waals surface area contributed by atoms with Crippen molar-refractivity contribution in [2.45, 2.75) is 31.9 Å². The molecule has 0 heterocycles. The third-order valence-corrected chi connectivity index (χ3v) is 2.00. The van der Waals surface area contributed by atoms with Crippen molar-refractivity contribution in [3.8, 4) is 0 Å². The molecule has 0 radical (unpaired) electrons. The van der Waals surface area contributed by atoms with Crippen LogP contribution in [0.25, 0.3) is 0 Å². The highest BCUT2D eigenvalue weighted by Gasteiger charge is 2.27. The van der Waals surface area contributed by atoms with Crippen LogP contribution in [0.15, 0.2) is 0 Å². The van der Waals surface area contributed by atoms with Crippen molar-refractivity contribution in [1.29, 1.82) is 0 Å². The number of carbonyl (C=O) groups excluding carboxylic acids is 1. The van der Waals surface area contributed by atoms with E-state index in [9.17, 15) is 18.0 Å². The van der Waals surface area contributed by atoms with Gasteiger partial charge >= 0.3 is 6.18 Å². The number of rotatable bonds is 8. The summed E-state index contributed by atoms with van der Waals surface area (Å²) in [6, 6.07) is -0.407. The molecule has 1 amide bonds. The first kappa shape index (κ1) is 17.1. The largest absolute Gasteiger partial charge is 0.411 e. The number of nitrogens with one attached hydrogen (secondary N) is 1. The van der Waals surface area contributed by atoms with Crippen LogP contribution in [0.5, 0.6) is 0 Å². The lowest BCUT2D eigenvalue weighted by Crippen LogP contribution is -2.43. The van der Waals surface area contributed by atoms with Gasteiger partial charge in [0.1, 0.15) is 6.61 Å². The zero-order valence-electron chi connectivity index (χ0n) is 10.5. The smallest absolute Gasteiger partial charge is 0.372 e. The zero-order valence-corrected chi connectivity index (χ0v) is 10.5. The maximum absolute atomic E-state index is 11.7. The van der Waals surface area contributed by atoms with Crippen LogP contribution in [-0.2, 0) is 19.0 Å². The van der Waals surface area contributed by atoms with E-state index in [1.807, 2.05) is 0 Å². The van der Waals surface area contributed by atoms with Gasteiger partial charge in [-0.15, -0.1) is 0 Å². The Balaban J connectivity index is 3.77. The van der Waals surface area contributed by atoms with Crippen molar-refractivity contribution in [2.24, 2.45) is 0 Å². The van der Waals surface area contributed by atoms with Crippen molar-refractivity contribution in [3.05, 3.63) is 0 Å². The molecule has 5 nitrogen and oxygen atoms in total. The Morgan fingerprint density at radius 1 is 1.28 bits per heavy atom. The first-order valence-corrected chi connectivity index (χ1v) is 5.29. The molecule has 0 aromatic heterocycles. The Morgan fingerprint density at radius 2 is 1.83 bits per heavy atom. The Labute approximate surface area is 104 Å². The monoisotopic (exact) mass is 273 g/mol. The number of methoxy groups -OCH3 is 2. The second kappa shape index (κ2) is 8.28. The molecule has 0 rings (SSSR count). The van der Waals surface area contributed by atoms with E-state index in [4.69, 9.17) is 9.47 Å². The number of alkyl halides is 3. The number of halogens is 3. The number of amides is 1.